The van der Waals surface area contributed by atoms with Gasteiger partial charge in [0.2, 0.25) is 0 Å². The van der Waals surface area contributed by atoms with Gasteiger partial charge in [0, 0.05) is 23.9 Å². The zero-order valence-corrected chi connectivity index (χ0v) is 12.6. The number of nitro benzene ring substituents is 1. The Morgan fingerprint density at radius 2 is 1.81 bits per heavy atom. The Balaban J connectivity index is 2.16. The SMILES string of the molecule is CCc1ccc(NCc2ccc(C)cc2C)cc1[N+](=O)[O-]. The van der Waals surface area contributed by atoms with E-state index in [1.165, 1.54) is 16.7 Å². The molecule has 0 heterocycles. The number of hydrogen-bond donors (Lipinski definition) is 1. The lowest BCUT2D eigenvalue weighted by Crippen LogP contribution is -2.03. The molecule has 2 aromatic rings. The molecule has 0 saturated carbocycles. The van der Waals surface area contributed by atoms with Gasteiger partial charge in [0.25, 0.3) is 5.69 Å². The second kappa shape index (κ2) is 6.39. The summed E-state index contributed by atoms with van der Waals surface area (Å²) in [6.45, 7) is 6.73. The van der Waals surface area contributed by atoms with Crippen molar-refractivity contribution in [3.8, 4) is 0 Å². The summed E-state index contributed by atoms with van der Waals surface area (Å²) in [6.07, 6.45) is 0.660. The van der Waals surface area contributed by atoms with Crippen molar-refractivity contribution in [3.05, 3.63) is 68.8 Å². The number of anilines is 1. The van der Waals surface area contributed by atoms with Crippen LogP contribution in [0.25, 0.3) is 0 Å². The van der Waals surface area contributed by atoms with E-state index in [2.05, 4.69) is 37.4 Å². The van der Waals surface area contributed by atoms with Crippen LogP contribution in [-0.4, -0.2) is 4.92 Å². The maximum atomic E-state index is 11.1. The van der Waals surface area contributed by atoms with Gasteiger partial charge in [-0.1, -0.05) is 36.8 Å². The summed E-state index contributed by atoms with van der Waals surface area (Å²) in [7, 11) is 0. The van der Waals surface area contributed by atoms with E-state index < -0.39 is 0 Å². The number of benzene rings is 2. The molecule has 4 heteroatoms. The van der Waals surface area contributed by atoms with Crippen LogP contribution >= 0.6 is 0 Å². The summed E-state index contributed by atoms with van der Waals surface area (Å²) < 4.78 is 0. The zero-order valence-electron chi connectivity index (χ0n) is 12.6. The van der Waals surface area contributed by atoms with E-state index in [-0.39, 0.29) is 10.6 Å². The van der Waals surface area contributed by atoms with E-state index >= 15 is 0 Å². The highest BCUT2D eigenvalue weighted by atomic mass is 16.6. The van der Waals surface area contributed by atoms with Gasteiger partial charge in [-0.15, -0.1) is 0 Å². The maximum Gasteiger partial charge on any atom is 0.274 e. The van der Waals surface area contributed by atoms with Crippen molar-refractivity contribution >= 4 is 11.4 Å². The molecule has 2 aromatic carbocycles. The van der Waals surface area contributed by atoms with Crippen molar-refractivity contribution in [2.24, 2.45) is 0 Å². The van der Waals surface area contributed by atoms with Crippen LogP contribution in [0.15, 0.2) is 36.4 Å². The molecule has 0 atom stereocenters. The van der Waals surface area contributed by atoms with Crippen molar-refractivity contribution < 1.29 is 4.92 Å². The lowest BCUT2D eigenvalue weighted by atomic mass is 10.1. The third-order valence-corrected chi connectivity index (χ3v) is 3.64. The van der Waals surface area contributed by atoms with E-state index in [0.29, 0.717) is 13.0 Å². The van der Waals surface area contributed by atoms with E-state index in [4.69, 9.17) is 0 Å². The number of nitrogens with one attached hydrogen (secondary N) is 1. The molecular formula is C17H20N2O2. The van der Waals surface area contributed by atoms with E-state index in [0.717, 1.165) is 11.3 Å². The zero-order chi connectivity index (χ0) is 15.4. The average molecular weight is 284 g/mol. The minimum absolute atomic E-state index is 0.183. The maximum absolute atomic E-state index is 11.1. The molecule has 0 spiro atoms. The van der Waals surface area contributed by atoms with Gasteiger partial charge in [-0.25, -0.2) is 0 Å². The average Bonchev–Trinajstić information content (AvgIpc) is 2.46. The summed E-state index contributed by atoms with van der Waals surface area (Å²) in [5, 5.41) is 14.3. The molecule has 0 aliphatic rings. The van der Waals surface area contributed by atoms with Crippen LogP contribution in [0.3, 0.4) is 0 Å². The third-order valence-electron chi connectivity index (χ3n) is 3.64. The lowest BCUT2D eigenvalue weighted by Gasteiger charge is -2.10. The molecule has 0 radical (unpaired) electrons. The number of rotatable bonds is 5. The predicted octanol–water partition coefficient (Wildman–Crippen LogP) is 4.39. The first-order valence-electron chi connectivity index (χ1n) is 7.08. The first kappa shape index (κ1) is 15.0. The molecule has 4 nitrogen and oxygen atoms in total. The van der Waals surface area contributed by atoms with Gasteiger partial charge >= 0.3 is 0 Å². The van der Waals surface area contributed by atoms with Gasteiger partial charge in [0.1, 0.15) is 0 Å². The summed E-state index contributed by atoms with van der Waals surface area (Å²) in [6, 6.07) is 11.6. The summed E-state index contributed by atoms with van der Waals surface area (Å²) >= 11 is 0. The van der Waals surface area contributed by atoms with Crippen molar-refractivity contribution in [2.75, 3.05) is 5.32 Å². The Morgan fingerprint density at radius 3 is 2.43 bits per heavy atom. The van der Waals surface area contributed by atoms with Crippen molar-refractivity contribution in [2.45, 2.75) is 33.7 Å². The van der Waals surface area contributed by atoms with E-state index in [1.54, 1.807) is 6.07 Å². The quantitative estimate of drug-likeness (QED) is 0.654. The number of aryl methyl sites for hydroxylation is 3. The fourth-order valence-corrected chi connectivity index (χ4v) is 2.38. The van der Waals surface area contributed by atoms with Gasteiger partial charge in [0.15, 0.2) is 0 Å². The fraction of sp³-hybridized carbons (Fsp3) is 0.294. The molecule has 0 amide bonds. The second-order valence-corrected chi connectivity index (χ2v) is 5.24. The van der Waals surface area contributed by atoms with E-state index in [1.807, 2.05) is 19.1 Å². The third kappa shape index (κ3) is 3.60. The van der Waals surface area contributed by atoms with Crippen LogP contribution < -0.4 is 5.32 Å². The highest BCUT2D eigenvalue weighted by Crippen LogP contribution is 2.24. The first-order valence-corrected chi connectivity index (χ1v) is 7.08. The Labute approximate surface area is 125 Å². The smallest absolute Gasteiger partial charge is 0.274 e. The first-order chi connectivity index (χ1) is 10.0. The lowest BCUT2D eigenvalue weighted by molar-refractivity contribution is -0.385. The summed E-state index contributed by atoms with van der Waals surface area (Å²) in [5.41, 5.74) is 5.38. The summed E-state index contributed by atoms with van der Waals surface area (Å²) in [4.78, 5) is 10.8. The highest BCUT2D eigenvalue weighted by molar-refractivity contribution is 5.55. The number of hydrogen-bond acceptors (Lipinski definition) is 3. The van der Waals surface area contributed by atoms with Crippen LogP contribution in [-0.2, 0) is 13.0 Å². The van der Waals surface area contributed by atoms with Gasteiger partial charge in [-0.2, -0.15) is 0 Å². The van der Waals surface area contributed by atoms with Crippen molar-refractivity contribution in [3.63, 3.8) is 0 Å². The normalized spacial score (nSPS) is 10.4. The topological polar surface area (TPSA) is 55.2 Å². The Bertz CT molecular complexity index is 666. The fourth-order valence-electron chi connectivity index (χ4n) is 2.38. The summed E-state index contributed by atoms with van der Waals surface area (Å²) in [5.74, 6) is 0. The van der Waals surface area contributed by atoms with Crippen LogP contribution in [0.5, 0.6) is 0 Å². The monoisotopic (exact) mass is 284 g/mol. The van der Waals surface area contributed by atoms with E-state index in [9.17, 15) is 10.1 Å². The number of nitrogens with zero attached hydrogens (tertiary/aromatic N) is 1. The molecule has 0 saturated heterocycles. The molecule has 0 aliphatic carbocycles. The molecule has 21 heavy (non-hydrogen) atoms. The highest BCUT2D eigenvalue weighted by Gasteiger charge is 2.12. The molecule has 110 valence electrons. The van der Waals surface area contributed by atoms with Gasteiger partial charge in [0.05, 0.1) is 4.92 Å². The Morgan fingerprint density at radius 1 is 1.10 bits per heavy atom. The predicted molar refractivity (Wildman–Crippen MR) is 85.7 cm³/mol. The largest absolute Gasteiger partial charge is 0.381 e. The molecule has 0 unspecified atom stereocenters. The number of nitro groups is 1. The van der Waals surface area contributed by atoms with Crippen LogP contribution in [0.1, 0.15) is 29.2 Å². The minimum Gasteiger partial charge on any atom is -0.381 e. The molecule has 2 rings (SSSR count). The van der Waals surface area contributed by atoms with Crippen LogP contribution in [0.2, 0.25) is 0 Å². The molecule has 1 N–H and O–H groups in total. The molecule has 0 aliphatic heterocycles. The van der Waals surface area contributed by atoms with Crippen molar-refractivity contribution in [1.82, 2.24) is 0 Å². The van der Waals surface area contributed by atoms with Crippen molar-refractivity contribution in [1.29, 1.82) is 0 Å². The Hall–Kier alpha value is -2.36. The standard InChI is InChI=1S/C17H20N2O2/c1-4-14-7-8-16(10-17(14)19(20)21)18-11-15-6-5-12(2)9-13(15)3/h5-10,18H,4,11H2,1-3H3. The van der Waals surface area contributed by atoms with Gasteiger partial charge in [-0.05, 0) is 37.5 Å². The Kier molecular flexibility index (Phi) is 4.58. The van der Waals surface area contributed by atoms with Gasteiger partial charge in [-0.3, -0.25) is 10.1 Å². The second-order valence-electron chi connectivity index (χ2n) is 5.24. The molecule has 0 bridgehead atoms. The van der Waals surface area contributed by atoms with Crippen LogP contribution in [0.4, 0.5) is 11.4 Å². The van der Waals surface area contributed by atoms with Crippen LogP contribution in [0, 0.1) is 24.0 Å². The molecule has 0 fully saturated rings. The minimum atomic E-state index is -0.318. The van der Waals surface area contributed by atoms with Gasteiger partial charge < -0.3 is 5.32 Å². The molecular weight excluding hydrogens is 264 g/mol. The molecule has 0 aromatic heterocycles.